The maximum atomic E-state index is 12.4. The molecule has 1 unspecified atom stereocenters. The summed E-state index contributed by atoms with van der Waals surface area (Å²) in [7, 11) is -4.27. The van der Waals surface area contributed by atoms with Crippen LogP contribution in [0.25, 0.3) is 0 Å². The smallest absolute Gasteiger partial charge is 0.335 e. The van der Waals surface area contributed by atoms with Crippen LogP contribution < -0.4 is 10.6 Å². The third kappa shape index (κ3) is 6.92. The Morgan fingerprint density at radius 3 is 1.80 bits per heavy atom. The summed E-state index contributed by atoms with van der Waals surface area (Å²) < 4.78 is 28.0. The SMILES string of the molecule is CC(=O)N(CN1C(=O)c2ccccc2C1=O)c1ccc(C(=O)O)cc1.NC(CS(=O)(=O)O)C(=O)O. The molecule has 0 spiro atoms. The van der Waals surface area contributed by atoms with Gasteiger partial charge in [0.25, 0.3) is 21.9 Å². The minimum atomic E-state index is -4.27. The molecule has 14 heteroatoms. The van der Waals surface area contributed by atoms with Crippen LogP contribution in [0.5, 0.6) is 0 Å². The summed E-state index contributed by atoms with van der Waals surface area (Å²) in [6, 6.07) is 10.5. The van der Waals surface area contributed by atoms with Gasteiger partial charge < -0.3 is 15.9 Å². The number of hydrogen-bond acceptors (Lipinski definition) is 8. The van der Waals surface area contributed by atoms with Crippen LogP contribution in [0, 0.1) is 0 Å². The molecule has 0 saturated carbocycles. The van der Waals surface area contributed by atoms with E-state index in [0.717, 1.165) is 4.90 Å². The van der Waals surface area contributed by atoms with Crippen molar-refractivity contribution in [2.45, 2.75) is 13.0 Å². The molecule has 3 amide bonds. The van der Waals surface area contributed by atoms with E-state index in [4.69, 9.17) is 20.5 Å². The first-order chi connectivity index (χ1) is 16.2. The number of benzene rings is 2. The maximum Gasteiger partial charge on any atom is 0.335 e. The van der Waals surface area contributed by atoms with Crippen LogP contribution >= 0.6 is 0 Å². The van der Waals surface area contributed by atoms with Gasteiger partial charge in [0.05, 0.1) is 16.7 Å². The number of aliphatic carboxylic acids is 1. The number of aromatic carboxylic acids is 1. The van der Waals surface area contributed by atoms with E-state index in [1.807, 2.05) is 0 Å². The van der Waals surface area contributed by atoms with Crippen LogP contribution in [0.3, 0.4) is 0 Å². The van der Waals surface area contributed by atoms with Gasteiger partial charge in [-0.05, 0) is 36.4 Å². The van der Waals surface area contributed by atoms with E-state index >= 15 is 0 Å². The number of carboxylic acid groups (broad SMARTS) is 2. The van der Waals surface area contributed by atoms with Gasteiger partial charge in [0.1, 0.15) is 18.5 Å². The van der Waals surface area contributed by atoms with E-state index in [-0.39, 0.29) is 18.1 Å². The summed E-state index contributed by atoms with van der Waals surface area (Å²) >= 11 is 0. The lowest BCUT2D eigenvalue weighted by molar-refractivity contribution is -0.138. The molecule has 0 saturated heterocycles. The van der Waals surface area contributed by atoms with Gasteiger partial charge >= 0.3 is 11.9 Å². The van der Waals surface area contributed by atoms with Crippen molar-refractivity contribution in [2.75, 3.05) is 17.3 Å². The van der Waals surface area contributed by atoms with Crippen LogP contribution in [0.1, 0.15) is 38.0 Å². The van der Waals surface area contributed by atoms with Crippen molar-refractivity contribution in [2.24, 2.45) is 5.73 Å². The first kappa shape index (κ1) is 27.1. The van der Waals surface area contributed by atoms with Gasteiger partial charge in [0.2, 0.25) is 5.91 Å². The van der Waals surface area contributed by atoms with E-state index in [1.54, 1.807) is 24.3 Å². The number of nitrogens with zero attached hydrogens (tertiary/aromatic N) is 2. The zero-order valence-corrected chi connectivity index (χ0v) is 19.0. The lowest BCUT2D eigenvalue weighted by atomic mass is 10.1. The van der Waals surface area contributed by atoms with Crippen molar-refractivity contribution in [3.8, 4) is 0 Å². The molecule has 2 aromatic rings. The van der Waals surface area contributed by atoms with Gasteiger partial charge in [-0.2, -0.15) is 8.42 Å². The first-order valence-corrected chi connectivity index (χ1v) is 11.3. The Balaban J connectivity index is 0.000000367. The van der Waals surface area contributed by atoms with Crippen LogP contribution in [0.4, 0.5) is 5.69 Å². The molecule has 3 rings (SSSR count). The number of amides is 3. The molecule has 35 heavy (non-hydrogen) atoms. The fourth-order valence-corrected chi connectivity index (χ4v) is 3.55. The number of carbonyl (C=O) groups excluding carboxylic acids is 3. The molecular formula is C21H21N3O10S. The Hall–Kier alpha value is -4.14. The van der Waals surface area contributed by atoms with Crippen LogP contribution in [0.15, 0.2) is 48.5 Å². The Kier molecular flexibility index (Phi) is 8.41. The minimum absolute atomic E-state index is 0.0768. The Morgan fingerprint density at radius 1 is 0.971 bits per heavy atom. The molecular weight excluding hydrogens is 486 g/mol. The Labute approximate surface area is 199 Å². The van der Waals surface area contributed by atoms with Gasteiger partial charge in [0.15, 0.2) is 0 Å². The van der Waals surface area contributed by atoms with E-state index in [2.05, 4.69) is 0 Å². The average Bonchev–Trinajstić information content (AvgIpc) is 3.01. The van der Waals surface area contributed by atoms with Crippen molar-refractivity contribution in [3.63, 3.8) is 0 Å². The summed E-state index contributed by atoms with van der Waals surface area (Å²) in [6.07, 6.45) is 0. The van der Waals surface area contributed by atoms with E-state index in [0.29, 0.717) is 16.8 Å². The minimum Gasteiger partial charge on any atom is -0.480 e. The summed E-state index contributed by atoms with van der Waals surface area (Å²) in [6.45, 7) is 1.07. The number of hydrogen-bond donors (Lipinski definition) is 4. The molecule has 2 aromatic carbocycles. The summed E-state index contributed by atoms with van der Waals surface area (Å²) in [5.74, 6) is -4.80. The van der Waals surface area contributed by atoms with Crippen LogP contribution in [0.2, 0.25) is 0 Å². The number of carboxylic acids is 2. The van der Waals surface area contributed by atoms with Gasteiger partial charge in [-0.1, -0.05) is 12.1 Å². The third-order valence-electron chi connectivity index (χ3n) is 4.67. The Morgan fingerprint density at radius 2 is 1.46 bits per heavy atom. The molecule has 0 radical (unpaired) electrons. The highest BCUT2D eigenvalue weighted by molar-refractivity contribution is 7.85. The van der Waals surface area contributed by atoms with Crippen molar-refractivity contribution < 1.29 is 47.2 Å². The average molecular weight is 507 g/mol. The van der Waals surface area contributed by atoms with Crippen molar-refractivity contribution in [1.29, 1.82) is 0 Å². The van der Waals surface area contributed by atoms with Gasteiger partial charge in [-0.3, -0.25) is 33.5 Å². The normalized spacial score (nSPS) is 13.4. The number of rotatable bonds is 7. The van der Waals surface area contributed by atoms with Crippen LogP contribution in [-0.2, 0) is 19.7 Å². The number of carbonyl (C=O) groups is 5. The predicted octanol–water partition coefficient (Wildman–Crippen LogP) is 0.278. The molecule has 0 fully saturated rings. The molecule has 0 bridgehead atoms. The highest BCUT2D eigenvalue weighted by atomic mass is 32.2. The molecule has 5 N–H and O–H groups in total. The number of fused-ring (bicyclic) bond motifs is 1. The topological polar surface area (TPSA) is 213 Å². The van der Waals surface area contributed by atoms with Gasteiger partial charge in [-0.15, -0.1) is 0 Å². The summed E-state index contributed by atoms with van der Waals surface area (Å²) in [5, 5.41) is 17.0. The zero-order chi connectivity index (χ0) is 26.5. The second kappa shape index (κ2) is 10.9. The molecule has 186 valence electrons. The fraction of sp³-hybridized carbons (Fsp3) is 0.190. The third-order valence-corrected chi connectivity index (χ3v) is 5.45. The summed E-state index contributed by atoms with van der Waals surface area (Å²) in [5.41, 5.74) is 5.84. The predicted molar refractivity (Wildman–Crippen MR) is 120 cm³/mol. The highest BCUT2D eigenvalue weighted by Crippen LogP contribution is 2.24. The second-order valence-corrected chi connectivity index (χ2v) is 8.71. The molecule has 0 aromatic heterocycles. The fourth-order valence-electron chi connectivity index (χ4n) is 2.95. The van der Waals surface area contributed by atoms with Gasteiger partial charge in [0, 0.05) is 12.6 Å². The van der Waals surface area contributed by atoms with Crippen molar-refractivity contribution in [1.82, 2.24) is 4.90 Å². The quantitative estimate of drug-likeness (QED) is 0.295. The number of nitrogens with two attached hydrogens (primary N) is 1. The molecule has 1 aliphatic heterocycles. The monoisotopic (exact) mass is 507 g/mol. The van der Waals surface area contributed by atoms with E-state index < -0.39 is 45.7 Å². The molecule has 13 nitrogen and oxygen atoms in total. The molecule has 1 aliphatic rings. The number of imide groups is 1. The van der Waals surface area contributed by atoms with E-state index in [9.17, 15) is 32.4 Å². The van der Waals surface area contributed by atoms with Crippen molar-refractivity contribution >= 4 is 45.5 Å². The molecule has 0 aliphatic carbocycles. The molecule has 1 atom stereocenters. The molecule has 1 heterocycles. The first-order valence-electron chi connectivity index (χ1n) is 9.73. The maximum absolute atomic E-state index is 12.4. The lowest BCUT2D eigenvalue weighted by Crippen LogP contribution is -2.43. The van der Waals surface area contributed by atoms with E-state index in [1.165, 1.54) is 36.1 Å². The highest BCUT2D eigenvalue weighted by Gasteiger charge is 2.36. The van der Waals surface area contributed by atoms with Crippen LogP contribution in [-0.4, -0.2) is 76.2 Å². The zero-order valence-electron chi connectivity index (χ0n) is 18.2. The summed E-state index contributed by atoms with van der Waals surface area (Å²) in [4.78, 5) is 59.9. The second-order valence-electron chi connectivity index (χ2n) is 7.22. The van der Waals surface area contributed by atoms with Gasteiger partial charge in [-0.25, -0.2) is 4.79 Å². The standard InChI is InChI=1S/C18H14N2O5.C3H7NO5S/c1-11(21)19(13-8-6-12(7-9-13)18(24)25)10-20-16(22)14-4-2-3-5-15(14)17(20)23;4-2(3(5)6)1-10(7,8)9/h2-9H,10H2,1H3,(H,24,25);2H,1,4H2,(H,5,6)(H,7,8,9). The number of anilines is 1. The van der Waals surface area contributed by atoms with Crippen molar-refractivity contribution in [3.05, 3.63) is 65.2 Å². The Bertz CT molecular complexity index is 1240. The lowest BCUT2D eigenvalue weighted by Gasteiger charge is -2.26. The largest absolute Gasteiger partial charge is 0.480 e.